The maximum atomic E-state index is 4.05. The largest absolute Gasteiger partial charge is 0.380 e. The minimum absolute atomic E-state index is 0.852. The summed E-state index contributed by atoms with van der Waals surface area (Å²) < 4.78 is 0. The summed E-state index contributed by atoms with van der Waals surface area (Å²) >= 11 is 1.76. The normalized spacial score (nSPS) is 9.42. The van der Waals surface area contributed by atoms with Crippen molar-refractivity contribution in [2.45, 2.75) is 33.7 Å². The first kappa shape index (κ1) is 15.5. The fourth-order valence-electron chi connectivity index (χ4n) is 1.46. The summed E-state index contributed by atoms with van der Waals surface area (Å²) in [6, 6.07) is 12.6. The molecule has 0 aliphatic heterocycles. The predicted octanol–water partition coefficient (Wildman–Crippen LogP) is 5.23. The molecule has 19 heavy (non-hydrogen) atoms. The van der Waals surface area contributed by atoms with E-state index in [0.717, 1.165) is 17.8 Å². The van der Waals surface area contributed by atoms with E-state index in [2.05, 4.69) is 74.4 Å². The van der Waals surface area contributed by atoms with Crippen molar-refractivity contribution in [3.05, 3.63) is 64.4 Å². The van der Waals surface area contributed by atoms with Crippen molar-refractivity contribution in [3.8, 4) is 0 Å². The molecule has 1 N–H and O–H groups in total. The van der Waals surface area contributed by atoms with Crippen LogP contribution in [-0.4, -0.2) is 0 Å². The van der Waals surface area contributed by atoms with Gasteiger partial charge in [0.1, 0.15) is 0 Å². The van der Waals surface area contributed by atoms with Gasteiger partial charge in [-0.25, -0.2) is 0 Å². The minimum atomic E-state index is 0.852. The third kappa shape index (κ3) is 5.75. The molecule has 0 radical (unpaired) electrons. The molecule has 0 spiro atoms. The lowest BCUT2D eigenvalue weighted by Gasteiger charge is -2.08. The first-order valence-corrected chi connectivity index (χ1v) is 7.57. The van der Waals surface area contributed by atoms with Crippen LogP contribution in [0.5, 0.6) is 0 Å². The molecule has 1 heterocycles. The molecule has 0 saturated heterocycles. The SMILES string of the molecule is C=C(NCc1cccs1)c1ccc(C)cc1.CCC. The van der Waals surface area contributed by atoms with Crippen LogP contribution in [0.2, 0.25) is 0 Å². The summed E-state index contributed by atoms with van der Waals surface area (Å²) in [5.74, 6) is 0. The van der Waals surface area contributed by atoms with Gasteiger partial charge in [-0.3, -0.25) is 0 Å². The molecule has 0 amide bonds. The standard InChI is InChI=1S/C14H15NS.C3H8/c1-11-5-7-13(8-6-11)12(2)15-10-14-4-3-9-16-14;1-3-2/h3-9,15H,2,10H2,1H3;3H2,1-2H3. The Morgan fingerprint density at radius 2 is 1.79 bits per heavy atom. The third-order valence-electron chi connectivity index (χ3n) is 2.46. The van der Waals surface area contributed by atoms with Crippen LogP contribution in [0.3, 0.4) is 0 Å². The molecule has 1 nitrogen and oxygen atoms in total. The zero-order chi connectivity index (χ0) is 14.1. The van der Waals surface area contributed by atoms with Gasteiger partial charge in [-0.2, -0.15) is 0 Å². The monoisotopic (exact) mass is 273 g/mol. The molecular weight excluding hydrogens is 250 g/mol. The highest BCUT2D eigenvalue weighted by molar-refractivity contribution is 7.09. The summed E-state index contributed by atoms with van der Waals surface area (Å²) in [5, 5.41) is 5.43. The maximum absolute atomic E-state index is 4.05. The van der Waals surface area contributed by atoms with Crippen molar-refractivity contribution < 1.29 is 0 Å². The number of hydrogen-bond acceptors (Lipinski definition) is 2. The van der Waals surface area contributed by atoms with Gasteiger partial charge in [-0.15, -0.1) is 11.3 Å². The molecule has 102 valence electrons. The van der Waals surface area contributed by atoms with Gasteiger partial charge in [0, 0.05) is 17.1 Å². The second kappa shape index (κ2) is 8.54. The highest BCUT2D eigenvalue weighted by Crippen LogP contribution is 2.13. The second-order valence-corrected chi connectivity index (χ2v) is 5.52. The van der Waals surface area contributed by atoms with Gasteiger partial charge >= 0.3 is 0 Å². The van der Waals surface area contributed by atoms with Crippen molar-refractivity contribution in [1.29, 1.82) is 0 Å². The lowest BCUT2D eigenvalue weighted by molar-refractivity contribution is 0.909. The Morgan fingerprint density at radius 3 is 2.32 bits per heavy atom. The van der Waals surface area contributed by atoms with E-state index in [9.17, 15) is 0 Å². The van der Waals surface area contributed by atoms with E-state index in [0.29, 0.717) is 0 Å². The first-order chi connectivity index (χ1) is 9.17. The van der Waals surface area contributed by atoms with E-state index >= 15 is 0 Å². The zero-order valence-corrected chi connectivity index (χ0v) is 12.9. The fraction of sp³-hybridized carbons (Fsp3) is 0.294. The number of nitrogens with one attached hydrogen (secondary N) is 1. The van der Waals surface area contributed by atoms with Crippen LogP contribution in [0, 0.1) is 6.92 Å². The average Bonchev–Trinajstić information content (AvgIpc) is 2.91. The van der Waals surface area contributed by atoms with Crippen LogP contribution < -0.4 is 5.32 Å². The Labute approximate surface area is 121 Å². The molecule has 0 saturated carbocycles. The smallest absolute Gasteiger partial charge is 0.0494 e. The van der Waals surface area contributed by atoms with E-state index in [4.69, 9.17) is 0 Å². The first-order valence-electron chi connectivity index (χ1n) is 6.69. The lowest BCUT2D eigenvalue weighted by Crippen LogP contribution is -2.09. The van der Waals surface area contributed by atoms with E-state index in [1.807, 2.05) is 0 Å². The highest BCUT2D eigenvalue weighted by Gasteiger charge is 1.98. The predicted molar refractivity (Wildman–Crippen MR) is 87.3 cm³/mol. The molecule has 0 fully saturated rings. The van der Waals surface area contributed by atoms with Gasteiger partial charge in [0.05, 0.1) is 0 Å². The number of aryl methyl sites for hydroxylation is 1. The van der Waals surface area contributed by atoms with Gasteiger partial charge in [0.25, 0.3) is 0 Å². The van der Waals surface area contributed by atoms with Crippen LogP contribution in [-0.2, 0) is 6.54 Å². The van der Waals surface area contributed by atoms with Gasteiger partial charge < -0.3 is 5.32 Å². The molecule has 2 rings (SSSR count). The number of thiophene rings is 1. The number of benzene rings is 1. The Morgan fingerprint density at radius 1 is 1.16 bits per heavy atom. The summed E-state index contributed by atoms with van der Waals surface area (Å²) in [6.07, 6.45) is 1.25. The van der Waals surface area contributed by atoms with Crippen molar-refractivity contribution in [1.82, 2.24) is 5.32 Å². The Bertz CT molecular complexity index is 468. The van der Waals surface area contributed by atoms with Crippen LogP contribution in [0.4, 0.5) is 0 Å². The third-order valence-corrected chi connectivity index (χ3v) is 3.33. The lowest BCUT2D eigenvalue weighted by atomic mass is 10.1. The van der Waals surface area contributed by atoms with Crippen molar-refractivity contribution in [2.24, 2.45) is 0 Å². The minimum Gasteiger partial charge on any atom is -0.380 e. The molecule has 0 aliphatic carbocycles. The van der Waals surface area contributed by atoms with Crippen LogP contribution in [0.1, 0.15) is 36.3 Å². The Balaban J connectivity index is 0.000000550. The summed E-state index contributed by atoms with van der Waals surface area (Å²) in [5.41, 5.74) is 3.41. The fourth-order valence-corrected chi connectivity index (χ4v) is 2.11. The van der Waals surface area contributed by atoms with E-state index in [1.165, 1.54) is 16.9 Å². The van der Waals surface area contributed by atoms with Gasteiger partial charge in [0.2, 0.25) is 0 Å². The highest BCUT2D eigenvalue weighted by atomic mass is 32.1. The second-order valence-electron chi connectivity index (χ2n) is 4.48. The molecule has 1 aromatic carbocycles. The van der Waals surface area contributed by atoms with Crippen molar-refractivity contribution >= 4 is 17.0 Å². The molecule has 0 atom stereocenters. The summed E-state index contributed by atoms with van der Waals surface area (Å²) in [4.78, 5) is 1.33. The van der Waals surface area contributed by atoms with Crippen molar-refractivity contribution in [2.75, 3.05) is 0 Å². The Hall–Kier alpha value is -1.54. The van der Waals surface area contributed by atoms with Gasteiger partial charge in [-0.05, 0) is 23.9 Å². The van der Waals surface area contributed by atoms with Crippen molar-refractivity contribution in [3.63, 3.8) is 0 Å². The molecule has 2 heteroatoms. The molecule has 0 bridgehead atoms. The molecular formula is C17H23NS. The molecule has 0 unspecified atom stereocenters. The van der Waals surface area contributed by atoms with Crippen LogP contribution in [0.25, 0.3) is 5.70 Å². The molecule has 0 aliphatic rings. The van der Waals surface area contributed by atoms with E-state index in [1.54, 1.807) is 11.3 Å². The topological polar surface area (TPSA) is 12.0 Å². The summed E-state index contributed by atoms with van der Waals surface area (Å²) in [7, 11) is 0. The van der Waals surface area contributed by atoms with Gasteiger partial charge in [-0.1, -0.05) is 62.7 Å². The maximum Gasteiger partial charge on any atom is 0.0494 e. The zero-order valence-electron chi connectivity index (χ0n) is 12.1. The number of rotatable bonds is 4. The summed E-state index contributed by atoms with van der Waals surface area (Å²) in [6.45, 7) is 11.2. The molecule has 1 aromatic heterocycles. The average molecular weight is 273 g/mol. The Kier molecular flexibility index (Phi) is 6.98. The quantitative estimate of drug-likeness (QED) is 0.804. The van der Waals surface area contributed by atoms with E-state index < -0.39 is 0 Å². The van der Waals surface area contributed by atoms with Crippen LogP contribution >= 0.6 is 11.3 Å². The number of hydrogen-bond donors (Lipinski definition) is 1. The molecule has 2 aromatic rings. The van der Waals surface area contributed by atoms with Gasteiger partial charge in [0.15, 0.2) is 0 Å². The van der Waals surface area contributed by atoms with E-state index in [-0.39, 0.29) is 0 Å². The van der Waals surface area contributed by atoms with Crippen LogP contribution in [0.15, 0.2) is 48.4 Å².